The second-order valence-electron chi connectivity index (χ2n) is 12.2. The summed E-state index contributed by atoms with van der Waals surface area (Å²) < 4.78 is 5.45. The molecule has 2 saturated carbocycles. The number of nitrogens with one attached hydrogen (secondary N) is 1. The number of carbonyl (C=O) groups is 3. The fraction of sp³-hybridized carbons (Fsp3) is 0.852. The van der Waals surface area contributed by atoms with Gasteiger partial charge in [0.25, 0.3) is 0 Å². The SMILES string of the molecule is CC(C)(C)OC(=O)N[C@H](CC1CCCCC1)C(=O)N1CCC[C@H]1C(=O)C(N)C1CCC(/C(N)=N\O)CC1. The summed E-state index contributed by atoms with van der Waals surface area (Å²) in [5.74, 6) is 0.286. The molecule has 1 heterocycles. The molecule has 0 aromatic carbocycles. The Morgan fingerprint density at radius 3 is 2.27 bits per heavy atom. The second-order valence-corrected chi connectivity index (χ2v) is 12.2. The third kappa shape index (κ3) is 8.06. The first kappa shape index (κ1) is 29.2. The van der Waals surface area contributed by atoms with E-state index >= 15 is 0 Å². The van der Waals surface area contributed by atoms with Crippen LogP contribution in [0.25, 0.3) is 0 Å². The second kappa shape index (κ2) is 12.9. The fourth-order valence-electron chi connectivity index (χ4n) is 6.26. The molecule has 3 fully saturated rings. The Hall–Kier alpha value is -2.36. The van der Waals surface area contributed by atoms with E-state index in [1.807, 2.05) is 0 Å². The van der Waals surface area contributed by atoms with Crippen LogP contribution in [-0.2, 0) is 14.3 Å². The third-order valence-corrected chi connectivity index (χ3v) is 8.29. The van der Waals surface area contributed by atoms with Crippen molar-refractivity contribution in [3.05, 3.63) is 0 Å². The van der Waals surface area contributed by atoms with E-state index in [4.69, 9.17) is 21.4 Å². The minimum Gasteiger partial charge on any atom is -0.444 e. The lowest BCUT2D eigenvalue weighted by Gasteiger charge is -2.35. The monoisotopic (exact) mass is 521 g/mol. The van der Waals surface area contributed by atoms with Gasteiger partial charge in [0.15, 0.2) is 5.78 Å². The van der Waals surface area contributed by atoms with Gasteiger partial charge in [-0.1, -0.05) is 37.3 Å². The van der Waals surface area contributed by atoms with Crippen LogP contribution in [0, 0.1) is 17.8 Å². The first-order chi connectivity index (χ1) is 17.5. The van der Waals surface area contributed by atoms with Crippen LogP contribution in [0.1, 0.15) is 97.8 Å². The van der Waals surface area contributed by atoms with E-state index in [9.17, 15) is 14.4 Å². The molecule has 10 nitrogen and oxygen atoms in total. The number of carbonyl (C=O) groups excluding carboxylic acids is 3. The molecule has 37 heavy (non-hydrogen) atoms. The van der Waals surface area contributed by atoms with Gasteiger partial charge in [-0.2, -0.15) is 0 Å². The van der Waals surface area contributed by atoms with Gasteiger partial charge in [-0.25, -0.2) is 4.79 Å². The van der Waals surface area contributed by atoms with Crippen LogP contribution >= 0.6 is 0 Å². The van der Waals surface area contributed by atoms with Gasteiger partial charge in [0, 0.05) is 12.5 Å². The van der Waals surface area contributed by atoms with Gasteiger partial charge in [-0.05, 0) is 77.6 Å². The number of ketones is 1. The molecule has 1 unspecified atom stereocenters. The molecule has 0 bridgehead atoms. The number of Topliss-reactive ketones (excluding diaryl/α,β-unsaturated/α-hetero) is 1. The molecule has 3 rings (SSSR count). The Bertz CT molecular complexity index is 828. The quantitative estimate of drug-likeness (QED) is 0.165. The molecule has 0 aromatic heterocycles. The van der Waals surface area contributed by atoms with Gasteiger partial charge in [0.1, 0.15) is 17.5 Å². The van der Waals surface area contributed by atoms with Crippen LogP contribution in [-0.4, -0.2) is 64.0 Å². The first-order valence-electron chi connectivity index (χ1n) is 14.1. The number of nitrogens with zero attached hydrogens (tertiary/aromatic N) is 2. The molecule has 210 valence electrons. The number of oxime groups is 1. The minimum atomic E-state index is -0.723. The summed E-state index contributed by atoms with van der Waals surface area (Å²) >= 11 is 0. The Labute approximate surface area is 220 Å². The fourth-order valence-corrected chi connectivity index (χ4v) is 6.26. The van der Waals surface area contributed by atoms with Crippen molar-refractivity contribution in [1.82, 2.24) is 10.2 Å². The van der Waals surface area contributed by atoms with Crippen molar-refractivity contribution in [2.45, 2.75) is 122 Å². The Morgan fingerprint density at radius 1 is 1.03 bits per heavy atom. The van der Waals surface area contributed by atoms with Gasteiger partial charge in [0.05, 0.1) is 12.1 Å². The van der Waals surface area contributed by atoms with Gasteiger partial charge >= 0.3 is 6.09 Å². The maximum absolute atomic E-state index is 13.8. The largest absolute Gasteiger partial charge is 0.444 e. The van der Waals surface area contributed by atoms with Gasteiger partial charge in [-0.15, -0.1) is 0 Å². The Morgan fingerprint density at radius 2 is 1.68 bits per heavy atom. The molecular formula is C27H47N5O5. The molecule has 1 saturated heterocycles. The van der Waals surface area contributed by atoms with Crippen LogP contribution in [0.2, 0.25) is 0 Å². The molecule has 0 spiro atoms. The predicted molar refractivity (Wildman–Crippen MR) is 141 cm³/mol. The van der Waals surface area contributed by atoms with E-state index in [-0.39, 0.29) is 29.4 Å². The third-order valence-electron chi connectivity index (χ3n) is 8.29. The topological polar surface area (TPSA) is 160 Å². The predicted octanol–water partition coefficient (Wildman–Crippen LogP) is 3.29. The standard InChI is InChI=1S/C27H47N5O5/c1-27(2,3)37-26(35)30-20(16-17-8-5-4-6-9-17)25(34)32-15-7-10-21(32)23(33)22(28)18-11-13-19(14-12-18)24(29)31-36/h17-22,36H,4-16,28H2,1-3H3,(H2,29,31)(H,30,35)/t18?,19?,20-,21+,22?/m1/s1. The normalized spacial score (nSPS) is 27.4. The lowest BCUT2D eigenvalue weighted by molar-refractivity contribution is -0.140. The smallest absolute Gasteiger partial charge is 0.408 e. The molecule has 6 N–H and O–H groups in total. The van der Waals surface area contributed by atoms with E-state index < -0.39 is 29.8 Å². The zero-order valence-corrected chi connectivity index (χ0v) is 22.8. The number of amidine groups is 1. The number of hydrogen-bond donors (Lipinski definition) is 4. The lowest BCUT2D eigenvalue weighted by atomic mass is 9.76. The molecule has 0 radical (unpaired) electrons. The number of amides is 2. The maximum atomic E-state index is 13.8. The first-order valence-corrected chi connectivity index (χ1v) is 14.1. The van der Waals surface area contributed by atoms with Crippen LogP contribution in [0.3, 0.4) is 0 Å². The number of nitrogens with two attached hydrogens (primary N) is 2. The maximum Gasteiger partial charge on any atom is 0.408 e. The van der Waals surface area contributed by atoms with Gasteiger partial charge in [0.2, 0.25) is 5.91 Å². The van der Waals surface area contributed by atoms with Crippen molar-refractivity contribution < 1.29 is 24.3 Å². The molecule has 3 aliphatic rings. The highest BCUT2D eigenvalue weighted by Gasteiger charge is 2.42. The molecule has 2 aliphatic carbocycles. The van der Waals surface area contributed by atoms with Crippen molar-refractivity contribution in [2.24, 2.45) is 34.4 Å². The van der Waals surface area contributed by atoms with E-state index in [2.05, 4.69) is 10.5 Å². The van der Waals surface area contributed by atoms with Crippen LogP contribution in [0.5, 0.6) is 0 Å². The number of rotatable bonds is 8. The van der Waals surface area contributed by atoms with E-state index in [0.717, 1.165) is 57.8 Å². The van der Waals surface area contributed by atoms with Gasteiger partial charge < -0.3 is 31.6 Å². The molecular weight excluding hydrogens is 474 g/mol. The molecule has 1 aliphatic heterocycles. The molecule has 2 amide bonds. The molecule has 3 atom stereocenters. The minimum absolute atomic E-state index is 0.00530. The highest BCUT2D eigenvalue weighted by atomic mass is 16.6. The van der Waals surface area contributed by atoms with Crippen molar-refractivity contribution in [1.29, 1.82) is 0 Å². The average molecular weight is 522 g/mol. The van der Waals surface area contributed by atoms with Crippen molar-refractivity contribution in [3.8, 4) is 0 Å². The molecule has 0 aromatic rings. The van der Waals surface area contributed by atoms with E-state index in [1.165, 1.54) is 6.42 Å². The number of alkyl carbamates (subject to hydrolysis) is 1. The van der Waals surface area contributed by atoms with Crippen LogP contribution < -0.4 is 16.8 Å². The average Bonchev–Trinajstić information content (AvgIpc) is 3.36. The summed E-state index contributed by atoms with van der Waals surface area (Å²) in [6.45, 7) is 5.86. The summed E-state index contributed by atoms with van der Waals surface area (Å²) in [7, 11) is 0. The van der Waals surface area contributed by atoms with Crippen molar-refractivity contribution in [2.75, 3.05) is 6.54 Å². The van der Waals surface area contributed by atoms with Crippen molar-refractivity contribution >= 4 is 23.6 Å². The van der Waals surface area contributed by atoms with E-state index in [1.54, 1.807) is 25.7 Å². The molecule has 10 heteroatoms. The van der Waals surface area contributed by atoms with Crippen LogP contribution in [0.4, 0.5) is 4.79 Å². The number of hydrogen-bond acceptors (Lipinski definition) is 7. The summed E-state index contributed by atoms with van der Waals surface area (Å²) in [4.78, 5) is 41.6. The summed E-state index contributed by atoms with van der Waals surface area (Å²) in [6.07, 6.45) is 9.70. The zero-order chi connectivity index (χ0) is 27.2. The Balaban J connectivity index is 1.67. The lowest BCUT2D eigenvalue weighted by Crippen LogP contribution is -2.56. The van der Waals surface area contributed by atoms with Gasteiger partial charge in [-0.3, -0.25) is 9.59 Å². The highest BCUT2D eigenvalue weighted by molar-refractivity contribution is 5.95. The highest BCUT2D eigenvalue weighted by Crippen LogP contribution is 2.33. The summed E-state index contributed by atoms with van der Waals surface area (Å²) in [6, 6.07) is -1.96. The summed E-state index contributed by atoms with van der Waals surface area (Å²) in [5, 5.41) is 14.9. The summed E-state index contributed by atoms with van der Waals surface area (Å²) in [5.41, 5.74) is 11.6. The number of likely N-dealkylation sites (tertiary alicyclic amines) is 1. The zero-order valence-electron chi connectivity index (χ0n) is 22.8. The van der Waals surface area contributed by atoms with Crippen LogP contribution in [0.15, 0.2) is 5.16 Å². The van der Waals surface area contributed by atoms with Crippen molar-refractivity contribution in [3.63, 3.8) is 0 Å². The Kier molecular flexibility index (Phi) is 10.2. The number of ether oxygens (including phenoxy) is 1. The van der Waals surface area contributed by atoms with E-state index in [0.29, 0.717) is 25.3 Å².